The molecule has 0 saturated heterocycles. The second kappa shape index (κ2) is 9.83. The Balaban J connectivity index is -0.000000125. The zero-order valence-corrected chi connectivity index (χ0v) is 7.20. The fraction of sp³-hybridized carbons (Fsp3) is 0.800. The van der Waals surface area contributed by atoms with E-state index in [0.717, 1.165) is 6.42 Å². The number of nitrogens with one attached hydrogen (secondary N) is 1. The molecule has 0 aromatic heterocycles. The molecule has 0 aliphatic heterocycles. The Morgan fingerprint density at radius 3 is 2.43 bits per heavy atom. The Morgan fingerprint density at radius 1 is 1.71 bits per heavy atom. The van der Waals surface area contributed by atoms with E-state index < -0.39 is 0 Å². The van der Waals surface area contributed by atoms with E-state index in [-0.39, 0.29) is 31.0 Å². The van der Waals surface area contributed by atoms with Gasteiger partial charge in [0.2, 0.25) is 0 Å². The molecule has 0 heterocycles. The predicted molar refractivity (Wildman–Crippen MR) is 29.4 cm³/mol. The second-order valence-corrected chi connectivity index (χ2v) is 1.35. The second-order valence-electron chi connectivity index (χ2n) is 1.35. The Labute approximate surface area is 68.8 Å². The summed E-state index contributed by atoms with van der Waals surface area (Å²) in [5, 5.41) is 6.58. The summed E-state index contributed by atoms with van der Waals surface area (Å²) >= 11 is 0. The van der Waals surface area contributed by atoms with Crippen LogP contribution in [0.2, 0.25) is 0 Å². The molecule has 0 radical (unpaired) electrons. The third-order valence-electron chi connectivity index (χ3n) is 0.702. The Bertz CT molecular complexity index is 41.4. The summed E-state index contributed by atoms with van der Waals surface area (Å²) < 4.78 is 0. The maximum atomic E-state index is 6.58. The molecule has 1 N–H and O–H groups in total. The smallest absolute Gasteiger partial charge is 1.00 e. The van der Waals surface area contributed by atoms with Crippen LogP contribution in [-0.2, 0) is 0 Å². The summed E-state index contributed by atoms with van der Waals surface area (Å²) in [4.78, 5) is 0. The van der Waals surface area contributed by atoms with Crippen LogP contribution in [0, 0.1) is 5.41 Å². The Morgan fingerprint density at radius 2 is 2.29 bits per heavy atom. The summed E-state index contributed by atoms with van der Waals surface area (Å²) in [6, 6.07) is 0. The van der Waals surface area contributed by atoms with E-state index in [1.54, 1.807) is 0 Å². The first-order valence-corrected chi connectivity index (χ1v) is 2.40. The number of hydrogen-bond donors (Lipinski definition) is 1. The molecule has 38 valence electrons. The minimum atomic E-state index is 0. The van der Waals surface area contributed by atoms with Crippen molar-refractivity contribution in [2.45, 2.75) is 26.2 Å². The third kappa shape index (κ3) is 10.8. The monoisotopic (exact) mass is 109 g/mol. The van der Waals surface area contributed by atoms with Crippen LogP contribution < -0.4 is 29.6 Å². The molecule has 0 aromatic carbocycles. The standard InChI is InChI=1S/C5H11N.Na.H/c1-2-3-4-5-6;;/h5-6H,2-4H2,1H3;;/q;+1;-1. The number of unbranched alkanes of at least 4 members (excludes halogenated alkanes) is 2. The normalized spacial score (nSPS) is 7.00. The van der Waals surface area contributed by atoms with E-state index in [9.17, 15) is 0 Å². The van der Waals surface area contributed by atoms with Gasteiger partial charge in [0.15, 0.2) is 0 Å². The van der Waals surface area contributed by atoms with E-state index in [2.05, 4.69) is 6.92 Å². The molecule has 2 heteroatoms. The van der Waals surface area contributed by atoms with Crippen molar-refractivity contribution in [1.82, 2.24) is 0 Å². The van der Waals surface area contributed by atoms with Gasteiger partial charge in [-0.2, -0.15) is 0 Å². The Kier molecular flexibility index (Phi) is 14.9. The molecule has 0 saturated carbocycles. The van der Waals surface area contributed by atoms with Crippen molar-refractivity contribution >= 4 is 6.21 Å². The van der Waals surface area contributed by atoms with Crippen molar-refractivity contribution in [3.05, 3.63) is 0 Å². The summed E-state index contributed by atoms with van der Waals surface area (Å²) in [5.74, 6) is 0. The minimum Gasteiger partial charge on any atom is -1.00 e. The van der Waals surface area contributed by atoms with Crippen molar-refractivity contribution in [3.8, 4) is 0 Å². The van der Waals surface area contributed by atoms with Gasteiger partial charge in [0.05, 0.1) is 0 Å². The van der Waals surface area contributed by atoms with Crippen LogP contribution in [0.4, 0.5) is 0 Å². The van der Waals surface area contributed by atoms with E-state index in [4.69, 9.17) is 5.41 Å². The molecule has 0 aromatic rings. The molecule has 0 spiro atoms. The maximum Gasteiger partial charge on any atom is 1.00 e. The summed E-state index contributed by atoms with van der Waals surface area (Å²) in [6.07, 6.45) is 4.79. The van der Waals surface area contributed by atoms with Crippen LogP contribution in [0.1, 0.15) is 27.6 Å². The molecule has 0 atom stereocenters. The SMILES string of the molecule is CCCCC=N.[H-].[Na+]. The molecule has 0 rings (SSSR count). The first kappa shape index (κ1) is 10.6. The van der Waals surface area contributed by atoms with Gasteiger partial charge in [-0.3, -0.25) is 0 Å². The zero-order chi connectivity index (χ0) is 4.83. The number of hydrogen-bond acceptors (Lipinski definition) is 1. The molecule has 0 fully saturated rings. The van der Waals surface area contributed by atoms with E-state index in [0.29, 0.717) is 0 Å². The molecule has 0 unspecified atom stereocenters. The topological polar surface area (TPSA) is 23.9 Å². The van der Waals surface area contributed by atoms with Crippen LogP contribution >= 0.6 is 0 Å². The van der Waals surface area contributed by atoms with Crippen molar-refractivity contribution in [3.63, 3.8) is 0 Å². The van der Waals surface area contributed by atoms with Crippen LogP contribution in [-0.4, -0.2) is 6.21 Å². The fourth-order valence-corrected chi connectivity index (χ4v) is 0.306. The summed E-state index contributed by atoms with van der Waals surface area (Å²) in [6.45, 7) is 2.13. The third-order valence-corrected chi connectivity index (χ3v) is 0.702. The molecule has 0 bridgehead atoms. The van der Waals surface area contributed by atoms with E-state index >= 15 is 0 Å². The van der Waals surface area contributed by atoms with Gasteiger partial charge in [0.25, 0.3) is 0 Å². The van der Waals surface area contributed by atoms with Gasteiger partial charge < -0.3 is 6.84 Å². The van der Waals surface area contributed by atoms with Gasteiger partial charge in [-0.15, -0.1) is 0 Å². The average molecular weight is 109 g/mol. The van der Waals surface area contributed by atoms with Gasteiger partial charge in [-0.25, -0.2) is 0 Å². The van der Waals surface area contributed by atoms with Crippen molar-refractivity contribution in [1.29, 1.82) is 5.41 Å². The van der Waals surface area contributed by atoms with Crippen LogP contribution in [0.25, 0.3) is 0 Å². The van der Waals surface area contributed by atoms with Crippen LogP contribution in [0.5, 0.6) is 0 Å². The average Bonchev–Trinajstić information content (AvgIpc) is 1.61. The summed E-state index contributed by atoms with van der Waals surface area (Å²) in [5.41, 5.74) is 0. The number of rotatable bonds is 3. The molecule has 7 heavy (non-hydrogen) atoms. The predicted octanol–water partition coefficient (Wildman–Crippen LogP) is -1.06. The summed E-state index contributed by atoms with van der Waals surface area (Å²) in [7, 11) is 0. The first-order chi connectivity index (χ1) is 2.91. The Hall–Kier alpha value is 0.670. The van der Waals surface area contributed by atoms with E-state index in [1.165, 1.54) is 19.1 Å². The maximum absolute atomic E-state index is 6.58. The molecule has 0 amide bonds. The van der Waals surface area contributed by atoms with E-state index in [1.807, 2.05) is 0 Å². The van der Waals surface area contributed by atoms with Crippen LogP contribution in [0.3, 0.4) is 0 Å². The van der Waals surface area contributed by atoms with Gasteiger partial charge in [-0.1, -0.05) is 13.3 Å². The fourth-order valence-electron chi connectivity index (χ4n) is 0.306. The van der Waals surface area contributed by atoms with Gasteiger partial charge in [0.1, 0.15) is 0 Å². The molecular weight excluding hydrogens is 97.1 g/mol. The van der Waals surface area contributed by atoms with Crippen LogP contribution in [0.15, 0.2) is 0 Å². The molecular formula is C5H12NNa. The van der Waals surface area contributed by atoms with Gasteiger partial charge >= 0.3 is 29.6 Å². The van der Waals surface area contributed by atoms with Gasteiger partial charge in [-0.05, 0) is 19.1 Å². The van der Waals surface area contributed by atoms with Crippen molar-refractivity contribution in [2.24, 2.45) is 0 Å². The molecule has 0 aliphatic rings. The molecule has 1 nitrogen and oxygen atoms in total. The first-order valence-electron chi connectivity index (χ1n) is 2.40. The molecule has 0 aliphatic carbocycles. The minimum absolute atomic E-state index is 0. The van der Waals surface area contributed by atoms with Crippen molar-refractivity contribution < 1.29 is 31.0 Å². The van der Waals surface area contributed by atoms with Crippen molar-refractivity contribution in [2.75, 3.05) is 0 Å². The zero-order valence-electron chi connectivity index (χ0n) is 6.20. The largest absolute Gasteiger partial charge is 1.00 e. The van der Waals surface area contributed by atoms with Gasteiger partial charge in [0, 0.05) is 0 Å². The quantitative estimate of drug-likeness (QED) is 0.271.